The van der Waals surface area contributed by atoms with Crippen LogP contribution >= 0.6 is 0 Å². The van der Waals surface area contributed by atoms with E-state index >= 15 is 0 Å². The fourth-order valence-electron chi connectivity index (χ4n) is 3.15. The van der Waals surface area contributed by atoms with Crippen LogP contribution in [-0.2, 0) is 14.8 Å². The molecule has 2 rings (SSSR count). The molecule has 0 aliphatic heterocycles. The number of anilines is 1. The van der Waals surface area contributed by atoms with E-state index in [1.807, 2.05) is 39.0 Å². The Labute approximate surface area is 179 Å². The lowest BCUT2D eigenvalue weighted by Crippen LogP contribution is -2.41. The Morgan fingerprint density at radius 2 is 1.70 bits per heavy atom. The predicted molar refractivity (Wildman–Crippen MR) is 119 cm³/mol. The zero-order valence-electron chi connectivity index (χ0n) is 18.4. The normalized spacial score (nSPS) is 12.2. The molecule has 0 heterocycles. The molecule has 0 fully saturated rings. The van der Waals surface area contributed by atoms with Gasteiger partial charge in [0, 0.05) is 6.07 Å². The number of amides is 1. The molecule has 0 aromatic heterocycles. The highest BCUT2D eigenvalue weighted by Crippen LogP contribution is 2.32. The largest absolute Gasteiger partial charge is 0.493 e. The highest BCUT2D eigenvalue weighted by atomic mass is 32.2. The van der Waals surface area contributed by atoms with Crippen LogP contribution in [0.25, 0.3) is 0 Å². The molecule has 0 radical (unpaired) electrons. The Morgan fingerprint density at radius 1 is 1.03 bits per heavy atom. The summed E-state index contributed by atoms with van der Waals surface area (Å²) in [5.41, 5.74) is 3.63. The summed E-state index contributed by atoms with van der Waals surface area (Å²) in [6.45, 7) is 5.69. The van der Waals surface area contributed by atoms with E-state index in [9.17, 15) is 13.2 Å². The summed E-state index contributed by atoms with van der Waals surface area (Å²) in [5.74, 6) is 0.464. The van der Waals surface area contributed by atoms with Gasteiger partial charge in [-0.25, -0.2) is 8.42 Å². The first-order valence-corrected chi connectivity index (χ1v) is 11.5. The Morgan fingerprint density at radius 3 is 2.23 bits per heavy atom. The lowest BCUT2D eigenvalue weighted by molar-refractivity contribution is -0.120. The number of methoxy groups -OCH3 is 2. The van der Waals surface area contributed by atoms with E-state index in [0.29, 0.717) is 23.6 Å². The number of carbonyl (C=O) groups excluding carboxylic acids is 1. The van der Waals surface area contributed by atoms with Gasteiger partial charge in [-0.2, -0.15) is 0 Å². The van der Waals surface area contributed by atoms with Crippen LogP contribution in [0.4, 0.5) is 5.69 Å². The van der Waals surface area contributed by atoms with E-state index in [1.54, 1.807) is 12.1 Å². The van der Waals surface area contributed by atoms with Gasteiger partial charge >= 0.3 is 0 Å². The van der Waals surface area contributed by atoms with E-state index < -0.39 is 10.0 Å². The molecule has 1 amide bonds. The van der Waals surface area contributed by atoms with Gasteiger partial charge < -0.3 is 14.8 Å². The first-order chi connectivity index (χ1) is 14.1. The second kappa shape index (κ2) is 9.84. The molecule has 0 aliphatic carbocycles. The minimum Gasteiger partial charge on any atom is -0.493 e. The predicted octanol–water partition coefficient (Wildman–Crippen LogP) is 3.35. The van der Waals surface area contributed by atoms with Crippen molar-refractivity contribution in [3.8, 4) is 11.5 Å². The van der Waals surface area contributed by atoms with Gasteiger partial charge in [0.1, 0.15) is 6.54 Å². The van der Waals surface area contributed by atoms with E-state index in [1.165, 1.54) is 25.8 Å². The standard InChI is InChI=1S/C22H30N2O5S/c1-7-19(17-9-8-15(2)16(3)12-17)23-22(25)14-24(30(6,26)27)18-10-11-20(28-4)21(13-18)29-5/h8-13,19H,7,14H2,1-6H3,(H,23,25). The minimum absolute atomic E-state index is 0.205. The third-order valence-corrected chi connectivity index (χ3v) is 6.16. The van der Waals surface area contributed by atoms with Gasteiger partial charge in [-0.15, -0.1) is 0 Å². The van der Waals surface area contributed by atoms with Crippen molar-refractivity contribution in [1.82, 2.24) is 5.32 Å². The second-order valence-electron chi connectivity index (χ2n) is 7.18. The first-order valence-electron chi connectivity index (χ1n) is 9.67. The molecular formula is C22H30N2O5S. The van der Waals surface area contributed by atoms with Gasteiger partial charge in [-0.1, -0.05) is 25.1 Å². The number of aryl methyl sites for hydroxylation is 2. The average Bonchev–Trinajstić information content (AvgIpc) is 2.71. The van der Waals surface area contributed by atoms with Gasteiger partial charge in [0.15, 0.2) is 11.5 Å². The van der Waals surface area contributed by atoms with Gasteiger partial charge in [0.05, 0.1) is 32.2 Å². The first kappa shape index (κ1) is 23.5. The summed E-state index contributed by atoms with van der Waals surface area (Å²) in [7, 11) is -0.737. The van der Waals surface area contributed by atoms with E-state index in [2.05, 4.69) is 5.32 Å². The molecule has 1 atom stereocenters. The summed E-state index contributed by atoms with van der Waals surface area (Å²) in [6.07, 6.45) is 1.75. The van der Waals surface area contributed by atoms with Crippen LogP contribution in [0, 0.1) is 13.8 Å². The van der Waals surface area contributed by atoms with Crippen LogP contribution < -0.4 is 19.1 Å². The van der Waals surface area contributed by atoms with Crippen molar-refractivity contribution < 1.29 is 22.7 Å². The number of sulfonamides is 1. The maximum absolute atomic E-state index is 12.8. The second-order valence-corrected chi connectivity index (χ2v) is 9.09. The highest BCUT2D eigenvalue weighted by molar-refractivity contribution is 7.92. The van der Waals surface area contributed by atoms with Crippen LogP contribution in [0.1, 0.15) is 36.1 Å². The van der Waals surface area contributed by atoms with Crippen molar-refractivity contribution in [3.63, 3.8) is 0 Å². The highest BCUT2D eigenvalue weighted by Gasteiger charge is 2.24. The molecule has 2 aromatic carbocycles. The van der Waals surface area contributed by atoms with Crippen molar-refractivity contribution >= 4 is 21.6 Å². The topological polar surface area (TPSA) is 84.9 Å². The van der Waals surface area contributed by atoms with Crippen LogP contribution in [0.15, 0.2) is 36.4 Å². The Hall–Kier alpha value is -2.74. The number of hydrogen-bond acceptors (Lipinski definition) is 5. The molecule has 0 bridgehead atoms. The molecule has 0 saturated carbocycles. The fraction of sp³-hybridized carbons (Fsp3) is 0.409. The molecule has 1 unspecified atom stereocenters. The summed E-state index contributed by atoms with van der Waals surface area (Å²) in [5, 5.41) is 2.95. The number of rotatable bonds is 9. The van der Waals surface area contributed by atoms with Gasteiger partial charge in [0.25, 0.3) is 0 Å². The van der Waals surface area contributed by atoms with Gasteiger partial charge in [0.2, 0.25) is 15.9 Å². The summed E-state index contributed by atoms with van der Waals surface area (Å²) in [6, 6.07) is 10.6. The van der Waals surface area contributed by atoms with Crippen molar-refractivity contribution in [2.45, 2.75) is 33.2 Å². The van der Waals surface area contributed by atoms with Crippen LogP contribution in [0.2, 0.25) is 0 Å². The number of hydrogen-bond donors (Lipinski definition) is 1. The average molecular weight is 435 g/mol. The Kier molecular flexibility index (Phi) is 7.72. The minimum atomic E-state index is -3.70. The molecule has 8 heteroatoms. The van der Waals surface area contributed by atoms with Gasteiger partial charge in [-0.05, 0) is 49.1 Å². The molecule has 1 N–H and O–H groups in total. The SMILES string of the molecule is CCC(NC(=O)CN(c1ccc(OC)c(OC)c1)S(C)(=O)=O)c1ccc(C)c(C)c1. The van der Waals surface area contributed by atoms with Crippen LogP contribution in [-0.4, -0.2) is 41.3 Å². The Bertz CT molecular complexity index is 1000. The smallest absolute Gasteiger partial charge is 0.241 e. The van der Waals surface area contributed by atoms with Crippen LogP contribution in [0.3, 0.4) is 0 Å². The lowest BCUT2D eigenvalue weighted by Gasteiger charge is -2.25. The van der Waals surface area contributed by atoms with E-state index in [-0.39, 0.29) is 18.5 Å². The maximum Gasteiger partial charge on any atom is 0.241 e. The molecule has 2 aromatic rings. The number of nitrogens with zero attached hydrogens (tertiary/aromatic N) is 1. The van der Waals surface area contributed by atoms with E-state index in [0.717, 1.165) is 21.7 Å². The van der Waals surface area contributed by atoms with Crippen molar-refractivity contribution in [1.29, 1.82) is 0 Å². The summed E-state index contributed by atoms with van der Waals surface area (Å²) >= 11 is 0. The zero-order valence-corrected chi connectivity index (χ0v) is 19.2. The third kappa shape index (κ3) is 5.66. The lowest BCUT2D eigenvalue weighted by atomic mass is 9.99. The van der Waals surface area contributed by atoms with Crippen molar-refractivity contribution in [3.05, 3.63) is 53.1 Å². The molecule has 30 heavy (non-hydrogen) atoms. The van der Waals surface area contributed by atoms with Crippen LogP contribution in [0.5, 0.6) is 11.5 Å². The van der Waals surface area contributed by atoms with Crippen molar-refractivity contribution in [2.24, 2.45) is 0 Å². The Balaban J connectivity index is 2.26. The third-order valence-electron chi connectivity index (χ3n) is 5.02. The number of benzene rings is 2. The molecule has 0 aliphatic rings. The molecule has 7 nitrogen and oxygen atoms in total. The van der Waals surface area contributed by atoms with E-state index in [4.69, 9.17) is 9.47 Å². The summed E-state index contributed by atoms with van der Waals surface area (Å²) in [4.78, 5) is 12.8. The monoisotopic (exact) mass is 434 g/mol. The number of carbonyl (C=O) groups is 1. The maximum atomic E-state index is 12.8. The van der Waals surface area contributed by atoms with Crippen molar-refractivity contribution in [2.75, 3.05) is 31.3 Å². The number of nitrogens with one attached hydrogen (secondary N) is 1. The van der Waals surface area contributed by atoms with Gasteiger partial charge in [-0.3, -0.25) is 9.10 Å². The molecule has 0 saturated heterocycles. The molecule has 164 valence electrons. The molecular weight excluding hydrogens is 404 g/mol. The summed E-state index contributed by atoms with van der Waals surface area (Å²) < 4.78 is 36.3. The molecule has 0 spiro atoms. The fourth-order valence-corrected chi connectivity index (χ4v) is 4.00. The quantitative estimate of drug-likeness (QED) is 0.654. The zero-order chi connectivity index (χ0) is 22.5. The number of ether oxygens (including phenoxy) is 2.